The van der Waals surface area contributed by atoms with Gasteiger partial charge in [0, 0.05) is 19.2 Å². The highest BCUT2D eigenvalue weighted by Gasteiger charge is 2.53. The predicted octanol–water partition coefficient (Wildman–Crippen LogP) is 4.91. The highest BCUT2D eigenvalue weighted by atomic mass is 32.2. The third kappa shape index (κ3) is 9.33. The van der Waals surface area contributed by atoms with Gasteiger partial charge in [0.05, 0.1) is 42.7 Å². The second kappa shape index (κ2) is 16.1. The van der Waals surface area contributed by atoms with Crippen molar-refractivity contribution >= 4 is 22.2 Å². The summed E-state index contributed by atoms with van der Waals surface area (Å²) in [5.41, 5.74) is -0.877. The summed E-state index contributed by atoms with van der Waals surface area (Å²) in [6.45, 7) is 14.3. The fraction of sp³-hybridized carbons (Fsp3) is 0.632. The van der Waals surface area contributed by atoms with Gasteiger partial charge >= 0.3 is 12.2 Å². The van der Waals surface area contributed by atoms with Crippen molar-refractivity contribution in [3.63, 3.8) is 0 Å². The van der Waals surface area contributed by atoms with Crippen LogP contribution in [0.4, 0.5) is 9.59 Å². The maximum absolute atomic E-state index is 14.3. The lowest BCUT2D eigenvalue weighted by Gasteiger charge is -2.34. The van der Waals surface area contributed by atoms with Crippen molar-refractivity contribution < 1.29 is 55.9 Å². The number of ether oxygens (including phenoxy) is 8. The van der Waals surface area contributed by atoms with Gasteiger partial charge in [0.2, 0.25) is 16.8 Å². The molecule has 0 bridgehead atoms. The van der Waals surface area contributed by atoms with Crippen molar-refractivity contribution in [1.29, 1.82) is 0 Å². The minimum Gasteiger partial charge on any atom is -0.492 e. The summed E-state index contributed by atoms with van der Waals surface area (Å²) >= 11 is 0. The van der Waals surface area contributed by atoms with Crippen LogP contribution in [0.5, 0.6) is 17.2 Å². The monoisotopic (exact) mass is 775 g/mol. The molecule has 5 atom stereocenters. The lowest BCUT2D eigenvalue weighted by molar-refractivity contribution is -0.0911. The van der Waals surface area contributed by atoms with Gasteiger partial charge in [-0.05, 0) is 83.2 Å². The van der Waals surface area contributed by atoms with Crippen LogP contribution < -0.4 is 19.5 Å². The fourth-order valence-electron chi connectivity index (χ4n) is 7.21. The molecular formula is C38H53N3O12S. The molecule has 2 aromatic rings. The molecule has 4 aliphatic heterocycles. The number of amides is 2. The van der Waals surface area contributed by atoms with E-state index in [4.69, 9.17) is 37.9 Å². The Morgan fingerprint density at radius 3 is 2.52 bits per heavy atom. The zero-order chi connectivity index (χ0) is 38.8. The van der Waals surface area contributed by atoms with Crippen LogP contribution in [-0.2, 0) is 40.1 Å². The molecule has 0 saturated carbocycles. The number of benzene rings is 2. The SMILES string of the molecule is CC(C)CN(C[C@H]1OC(C)(C)N(C(=O)O[C@H]2CO[C@H]3OCC[C@H]32)[C@H]1Cc1ccc(OCCNC(=O)OC(C)(C)C)cc1)S(=O)(=O)c1ccc2c(c1)OCO2. The number of hydrogen-bond acceptors (Lipinski definition) is 12. The van der Waals surface area contributed by atoms with Gasteiger partial charge in [0.15, 0.2) is 17.8 Å². The molecule has 4 aliphatic rings. The van der Waals surface area contributed by atoms with E-state index < -0.39 is 58.1 Å². The number of carbonyl (C=O) groups excluding carboxylic acids is 2. The maximum atomic E-state index is 14.3. The van der Waals surface area contributed by atoms with Gasteiger partial charge < -0.3 is 43.2 Å². The van der Waals surface area contributed by atoms with E-state index in [1.54, 1.807) is 45.6 Å². The normalized spacial score (nSPS) is 24.5. The van der Waals surface area contributed by atoms with Gasteiger partial charge in [-0.3, -0.25) is 4.90 Å². The molecule has 0 aromatic heterocycles. The van der Waals surface area contributed by atoms with Crippen LogP contribution in [0.25, 0.3) is 0 Å². The number of fused-ring (bicyclic) bond motifs is 2. The number of nitrogens with zero attached hydrogens (tertiary/aromatic N) is 2. The molecule has 6 rings (SSSR count). The van der Waals surface area contributed by atoms with Crippen LogP contribution in [0.3, 0.4) is 0 Å². The Labute approximate surface area is 317 Å². The van der Waals surface area contributed by atoms with Crippen LogP contribution in [0.15, 0.2) is 47.4 Å². The van der Waals surface area contributed by atoms with Gasteiger partial charge in [-0.2, -0.15) is 4.31 Å². The Morgan fingerprint density at radius 2 is 1.80 bits per heavy atom. The summed E-state index contributed by atoms with van der Waals surface area (Å²) in [6, 6.07) is 11.4. The molecule has 0 spiro atoms. The van der Waals surface area contributed by atoms with Crippen molar-refractivity contribution in [2.45, 2.75) is 102 Å². The van der Waals surface area contributed by atoms with Crippen LogP contribution in [0, 0.1) is 11.8 Å². The first-order valence-electron chi connectivity index (χ1n) is 18.5. The number of rotatable bonds is 13. The first-order valence-corrected chi connectivity index (χ1v) is 19.9. The Morgan fingerprint density at radius 1 is 1.06 bits per heavy atom. The summed E-state index contributed by atoms with van der Waals surface area (Å²) in [5, 5.41) is 2.67. The van der Waals surface area contributed by atoms with Gasteiger partial charge in [0.25, 0.3) is 0 Å². The molecular weight excluding hydrogens is 722 g/mol. The van der Waals surface area contributed by atoms with Crippen molar-refractivity contribution in [2.75, 3.05) is 46.2 Å². The zero-order valence-corrected chi connectivity index (χ0v) is 32.9. The maximum Gasteiger partial charge on any atom is 0.412 e. The van der Waals surface area contributed by atoms with E-state index in [9.17, 15) is 18.0 Å². The third-order valence-electron chi connectivity index (χ3n) is 9.56. The van der Waals surface area contributed by atoms with Gasteiger partial charge in [0.1, 0.15) is 29.8 Å². The summed E-state index contributed by atoms with van der Waals surface area (Å²) in [6.07, 6.45) is -1.64. The van der Waals surface area contributed by atoms with Crippen LogP contribution in [0.1, 0.15) is 60.5 Å². The zero-order valence-electron chi connectivity index (χ0n) is 32.1. The molecule has 0 unspecified atom stereocenters. The first kappa shape index (κ1) is 39.9. The minimum absolute atomic E-state index is 0.0152. The molecule has 2 amide bonds. The molecule has 0 aliphatic carbocycles. The molecule has 15 nitrogen and oxygen atoms in total. The van der Waals surface area contributed by atoms with Crippen molar-refractivity contribution in [2.24, 2.45) is 11.8 Å². The van der Waals surface area contributed by atoms with Crippen molar-refractivity contribution in [3.05, 3.63) is 48.0 Å². The smallest absolute Gasteiger partial charge is 0.412 e. The van der Waals surface area contributed by atoms with E-state index in [1.165, 1.54) is 16.4 Å². The molecule has 3 saturated heterocycles. The van der Waals surface area contributed by atoms with Crippen molar-refractivity contribution in [3.8, 4) is 17.2 Å². The molecule has 16 heteroatoms. The summed E-state index contributed by atoms with van der Waals surface area (Å²) in [7, 11) is -4.03. The minimum atomic E-state index is -4.03. The van der Waals surface area contributed by atoms with Gasteiger partial charge in [-0.15, -0.1) is 0 Å². The fourth-order valence-corrected chi connectivity index (χ4v) is 8.84. The van der Waals surface area contributed by atoms with Gasteiger partial charge in [-0.1, -0.05) is 26.0 Å². The molecule has 4 heterocycles. The Balaban J connectivity index is 1.21. The Hall–Kier alpha value is -3.83. The second-order valence-corrected chi connectivity index (χ2v) is 17.8. The van der Waals surface area contributed by atoms with Crippen LogP contribution in [-0.4, -0.2) is 112 Å². The molecule has 2 aromatic carbocycles. The van der Waals surface area contributed by atoms with Gasteiger partial charge in [-0.25, -0.2) is 18.0 Å². The van der Waals surface area contributed by atoms with Crippen molar-refractivity contribution in [1.82, 2.24) is 14.5 Å². The second-order valence-electron chi connectivity index (χ2n) is 15.8. The topological polar surface area (TPSA) is 161 Å². The molecule has 1 N–H and O–H groups in total. The van der Waals surface area contributed by atoms with E-state index in [-0.39, 0.29) is 56.4 Å². The molecule has 298 valence electrons. The van der Waals surface area contributed by atoms with E-state index in [2.05, 4.69) is 5.32 Å². The number of hydrogen-bond donors (Lipinski definition) is 1. The van der Waals surface area contributed by atoms with E-state index in [0.717, 1.165) is 12.0 Å². The number of alkyl carbamates (subject to hydrolysis) is 1. The van der Waals surface area contributed by atoms with E-state index in [0.29, 0.717) is 30.3 Å². The number of carbonyl (C=O) groups is 2. The largest absolute Gasteiger partial charge is 0.492 e. The number of sulfonamides is 1. The highest BCUT2D eigenvalue weighted by Crippen LogP contribution is 2.40. The standard InChI is InChI=1S/C38H53N3O12S/c1-24(2)20-40(54(44,45)27-12-13-30-31(19-27)50-23-49-30)21-32-29(18-25-8-10-26(11-9-25)46-17-15-39-35(42)53-37(3,4)5)41(38(6,7)52-32)36(43)51-33-22-48-34-28(33)14-16-47-34/h8-13,19,24,28-29,32-34H,14-18,20-23H2,1-7H3,(H,39,42)/t28-,29-,32+,33-,34+/m0/s1. The van der Waals surface area contributed by atoms with Crippen LogP contribution >= 0.6 is 0 Å². The first-order chi connectivity index (χ1) is 25.5. The summed E-state index contributed by atoms with van der Waals surface area (Å²) in [4.78, 5) is 27.8. The lowest BCUT2D eigenvalue weighted by Crippen LogP contribution is -2.51. The summed E-state index contributed by atoms with van der Waals surface area (Å²) in [5.74, 6) is 1.36. The Kier molecular flexibility index (Phi) is 11.9. The van der Waals surface area contributed by atoms with E-state index >= 15 is 0 Å². The highest BCUT2D eigenvalue weighted by molar-refractivity contribution is 7.89. The quantitative estimate of drug-likeness (QED) is 0.274. The average molecular weight is 776 g/mol. The Bertz CT molecular complexity index is 1750. The van der Waals surface area contributed by atoms with E-state index in [1.807, 2.05) is 38.1 Å². The predicted molar refractivity (Wildman–Crippen MR) is 195 cm³/mol. The average Bonchev–Trinajstić information content (AvgIpc) is 3.87. The molecule has 3 fully saturated rings. The third-order valence-corrected chi connectivity index (χ3v) is 11.4. The summed E-state index contributed by atoms with van der Waals surface area (Å²) < 4.78 is 76.1. The van der Waals surface area contributed by atoms with Crippen LogP contribution in [0.2, 0.25) is 0 Å². The molecule has 0 radical (unpaired) electrons. The molecule has 54 heavy (non-hydrogen) atoms. The number of nitrogens with one attached hydrogen (secondary N) is 1. The lowest BCUT2D eigenvalue weighted by atomic mass is 9.99.